The molecule has 2 rings (SSSR count). The monoisotopic (exact) mass is 327 g/mol. The Morgan fingerprint density at radius 3 is 2.75 bits per heavy atom. The van der Waals surface area contributed by atoms with E-state index in [9.17, 15) is 9.59 Å². The molecule has 0 aliphatic rings. The van der Waals surface area contributed by atoms with Crippen molar-refractivity contribution in [2.45, 2.75) is 13.0 Å². The number of nitrogens with zero attached hydrogens (tertiary/aromatic N) is 6. The van der Waals surface area contributed by atoms with Gasteiger partial charge in [0.15, 0.2) is 0 Å². The van der Waals surface area contributed by atoms with Crippen molar-refractivity contribution in [3.05, 3.63) is 72.3 Å². The van der Waals surface area contributed by atoms with Gasteiger partial charge >= 0.3 is 0 Å². The Morgan fingerprint density at radius 1 is 1.25 bits per heavy atom. The quantitative estimate of drug-likeness (QED) is 0.402. The molecule has 1 amide bonds. The van der Waals surface area contributed by atoms with E-state index in [1.54, 1.807) is 6.07 Å². The van der Waals surface area contributed by atoms with Crippen molar-refractivity contribution in [2.75, 3.05) is 6.54 Å². The number of hydrogen-bond donors (Lipinski definition) is 3. The summed E-state index contributed by atoms with van der Waals surface area (Å²) in [6.07, 6.45) is 1.90. The van der Waals surface area contributed by atoms with Gasteiger partial charge < -0.3 is 10.4 Å². The van der Waals surface area contributed by atoms with E-state index in [1.165, 1.54) is 18.3 Å². The molecule has 0 fully saturated rings. The number of H-pyrrole nitrogens is 2. The molecule has 1 heterocycles. The molecular weight excluding hydrogens is 314 g/mol. The van der Waals surface area contributed by atoms with Crippen LogP contribution in [0.4, 0.5) is 5.69 Å². The third-order valence-corrected chi connectivity index (χ3v) is 3.12. The molecule has 1 aromatic carbocycles. The standard InChI is InChI=1S/C13H13N9O2/c14-21-18-6-8-3-10(5-11(4-8)19-22-15)12(23)16-2-1-9-7-17-20-13(9)24/h3-5,7H,1-2,6H2,(H,16,23)(H2,17,20,24). The molecule has 0 aliphatic carbocycles. The predicted octanol–water partition coefficient (Wildman–Crippen LogP) is 2.43. The number of carbonyl (C=O) groups is 1. The summed E-state index contributed by atoms with van der Waals surface area (Å²) >= 11 is 0. The molecule has 0 saturated carbocycles. The van der Waals surface area contributed by atoms with E-state index in [1.807, 2.05) is 0 Å². The van der Waals surface area contributed by atoms with Gasteiger partial charge in [-0.15, -0.1) is 0 Å². The lowest BCUT2D eigenvalue weighted by Gasteiger charge is -2.07. The maximum absolute atomic E-state index is 12.2. The second-order valence-electron chi connectivity index (χ2n) is 4.74. The maximum atomic E-state index is 12.2. The lowest BCUT2D eigenvalue weighted by Crippen LogP contribution is -2.26. The smallest absolute Gasteiger partial charge is 0.267 e. The molecule has 11 heteroatoms. The number of rotatable bonds is 7. The van der Waals surface area contributed by atoms with Crippen LogP contribution in [0, 0.1) is 0 Å². The summed E-state index contributed by atoms with van der Waals surface area (Å²) in [4.78, 5) is 28.9. The molecule has 0 atom stereocenters. The van der Waals surface area contributed by atoms with Crippen LogP contribution in [0.15, 0.2) is 39.4 Å². The highest BCUT2D eigenvalue weighted by molar-refractivity contribution is 5.95. The Balaban J connectivity index is 2.10. The number of amides is 1. The molecule has 0 bridgehead atoms. The summed E-state index contributed by atoms with van der Waals surface area (Å²) in [6, 6.07) is 4.51. The van der Waals surface area contributed by atoms with Gasteiger partial charge in [0.05, 0.1) is 6.54 Å². The van der Waals surface area contributed by atoms with E-state index in [0.717, 1.165) is 0 Å². The van der Waals surface area contributed by atoms with Gasteiger partial charge in [0.2, 0.25) is 0 Å². The SMILES string of the molecule is [N-]=[N+]=NCc1cc(N=[N+]=[N-])cc(C(=O)NCCc2c[nH][nH]c2=O)c1. The maximum Gasteiger partial charge on any atom is 0.267 e. The summed E-state index contributed by atoms with van der Waals surface area (Å²) in [7, 11) is 0. The fourth-order valence-corrected chi connectivity index (χ4v) is 2.05. The first-order valence-electron chi connectivity index (χ1n) is 6.87. The number of aromatic amines is 2. The van der Waals surface area contributed by atoms with Crippen LogP contribution >= 0.6 is 0 Å². The fraction of sp³-hybridized carbons (Fsp3) is 0.231. The first-order chi connectivity index (χ1) is 11.6. The molecule has 0 spiro atoms. The number of benzene rings is 1. The number of aromatic nitrogens is 2. The summed E-state index contributed by atoms with van der Waals surface area (Å²) in [5, 5.41) is 14.5. The molecular formula is C13H13N9O2. The van der Waals surface area contributed by atoms with Crippen molar-refractivity contribution in [3.63, 3.8) is 0 Å². The van der Waals surface area contributed by atoms with E-state index >= 15 is 0 Å². The van der Waals surface area contributed by atoms with E-state index in [4.69, 9.17) is 11.1 Å². The summed E-state index contributed by atoms with van der Waals surface area (Å²) in [5.74, 6) is -0.390. The zero-order valence-electron chi connectivity index (χ0n) is 12.4. The molecule has 2 aromatic rings. The number of nitrogens with one attached hydrogen (secondary N) is 3. The topological polar surface area (TPSA) is 175 Å². The Labute approximate surface area is 134 Å². The van der Waals surface area contributed by atoms with Crippen LogP contribution in [0.5, 0.6) is 0 Å². The van der Waals surface area contributed by atoms with Crippen LogP contribution < -0.4 is 10.9 Å². The van der Waals surface area contributed by atoms with Gasteiger partial charge in [-0.1, -0.05) is 10.2 Å². The zero-order chi connectivity index (χ0) is 17.4. The average Bonchev–Trinajstić information content (AvgIpc) is 2.98. The molecule has 11 nitrogen and oxygen atoms in total. The van der Waals surface area contributed by atoms with Crippen molar-refractivity contribution in [2.24, 2.45) is 10.2 Å². The molecule has 0 radical (unpaired) electrons. The second-order valence-corrected chi connectivity index (χ2v) is 4.74. The van der Waals surface area contributed by atoms with Crippen molar-refractivity contribution >= 4 is 11.6 Å². The lowest BCUT2D eigenvalue weighted by atomic mass is 10.1. The van der Waals surface area contributed by atoms with Gasteiger partial charge in [-0.2, -0.15) is 0 Å². The highest BCUT2D eigenvalue weighted by atomic mass is 16.1. The number of carbonyl (C=O) groups excluding carboxylic acids is 1. The molecule has 1 aromatic heterocycles. The summed E-state index contributed by atoms with van der Waals surface area (Å²) in [6.45, 7) is 0.293. The van der Waals surface area contributed by atoms with Gasteiger partial charge in [0.1, 0.15) is 0 Å². The van der Waals surface area contributed by atoms with Gasteiger partial charge in [0.25, 0.3) is 11.5 Å². The first kappa shape index (κ1) is 16.7. The van der Waals surface area contributed by atoms with Crippen LogP contribution in [-0.4, -0.2) is 22.6 Å². The van der Waals surface area contributed by atoms with Crippen LogP contribution in [-0.2, 0) is 13.0 Å². The Hall–Kier alpha value is -3.68. The molecule has 3 N–H and O–H groups in total. The van der Waals surface area contributed by atoms with Gasteiger partial charge in [-0.25, -0.2) is 0 Å². The minimum Gasteiger partial charge on any atom is -0.352 e. The number of azide groups is 2. The second kappa shape index (κ2) is 8.08. The summed E-state index contributed by atoms with van der Waals surface area (Å²) < 4.78 is 0. The predicted molar refractivity (Wildman–Crippen MR) is 85.5 cm³/mol. The molecule has 0 aliphatic heterocycles. The Kier molecular flexibility index (Phi) is 5.62. The molecule has 24 heavy (non-hydrogen) atoms. The van der Waals surface area contributed by atoms with E-state index < -0.39 is 0 Å². The van der Waals surface area contributed by atoms with Gasteiger partial charge in [-0.05, 0) is 41.2 Å². The lowest BCUT2D eigenvalue weighted by molar-refractivity contribution is 0.0954. The molecule has 0 unspecified atom stereocenters. The highest BCUT2D eigenvalue weighted by Gasteiger charge is 2.09. The normalized spacial score (nSPS) is 9.67. The Morgan fingerprint density at radius 2 is 2.08 bits per heavy atom. The number of hydrogen-bond acceptors (Lipinski definition) is 4. The van der Waals surface area contributed by atoms with Crippen LogP contribution in [0.3, 0.4) is 0 Å². The third kappa shape index (κ3) is 4.41. The van der Waals surface area contributed by atoms with Gasteiger partial charge in [-0.3, -0.25) is 14.7 Å². The minimum absolute atomic E-state index is 0.0320. The molecule has 0 saturated heterocycles. The van der Waals surface area contributed by atoms with E-state index in [2.05, 4.69) is 35.6 Å². The largest absolute Gasteiger partial charge is 0.352 e. The highest BCUT2D eigenvalue weighted by Crippen LogP contribution is 2.19. The van der Waals surface area contributed by atoms with Crippen LogP contribution in [0.1, 0.15) is 21.5 Å². The average molecular weight is 327 g/mol. The van der Waals surface area contributed by atoms with Gasteiger partial charge in [0, 0.05) is 39.4 Å². The van der Waals surface area contributed by atoms with Crippen LogP contribution in [0.25, 0.3) is 20.9 Å². The molecule has 122 valence electrons. The van der Waals surface area contributed by atoms with Crippen molar-refractivity contribution in [1.82, 2.24) is 15.5 Å². The minimum atomic E-state index is -0.390. The Bertz CT molecular complexity index is 885. The van der Waals surface area contributed by atoms with Crippen molar-refractivity contribution in [3.8, 4) is 0 Å². The van der Waals surface area contributed by atoms with E-state index in [0.29, 0.717) is 17.5 Å². The van der Waals surface area contributed by atoms with Crippen molar-refractivity contribution in [1.29, 1.82) is 0 Å². The fourth-order valence-electron chi connectivity index (χ4n) is 2.05. The van der Waals surface area contributed by atoms with E-state index in [-0.39, 0.29) is 35.8 Å². The first-order valence-corrected chi connectivity index (χ1v) is 6.87. The summed E-state index contributed by atoms with van der Waals surface area (Å²) in [5.41, 5.74) is 18.3. The van der Waals surface area contributed by atoms with Crippen LogP contribution in [0.2, 0.25) is 0 Å². The third-order valence-electron chi connectivity index (χ3n) is 3.12. The van der Waals surface area contributed by atoms with Crippen molar-refractivity contribution < 1.29 is 4.79 Å². The zero-order valence-corrected chi connectivity index (χ0v) is 12.4.